The molecule has 2 fully saturated rings. The van der Waals surface area contributed by atoms with Crippen LogP contribution in [0.5, 0.6) is 0 Å². The molecule has 0 spiro atoms. The van der Waals surface area contributed by atoms with E-state index in [-0.39, 0.29) is 0 Å². The van der Waals surface area contributed by atoms with E-state index in [1.807, 2.05) is 11.8 Å². The van der Waals surface area contributed by atoms with Gasteiger partial charge in [-0.3, -0.25) is 4.90 Å². The van der Waals surface area contributed by atoms with E-state index in [0.717, 1.165) is 11.3 Å². The van der Waals surface area contributed by atoms with E-state index in [1.54, 1.807) is 0 Å². The highest BCUT2D eigenvalue weighted by molar-refractivity contribution is 7.99. The lowest BCUT2D eigenvalue weighted by molar-refractivity contribution is 0.234. The van der Waals surface area contributed by atoms with E-state index in [0.29, 0.717) is 0 Å². The van der Waals surface area contributed by atoms with Crippen molar-refractivity contribution >= 4 is 23.5 Å². The first-order chi connectivity index (χ1) is 6.42. The third-order valence-corrected chi connectivity index (χ3v) is 4.97. The zero-order chi connectivity index (χ0) is 9.10. The van der Waals surface area contributed by atoms with Gasteiger partial charge in [-0.2, -0.15) is 23.5 Å². The molecule has 2 unspecified atom stereocenters. The van der Waals surface area contributed by atoms with Crippen LogP contribution in [0.3, 0.4) is 0 Å². The smallest absolute Gasteiger partial charge is 0.0352 e. The molecule has 2 rings (SSSR count). The lowest BCUT2D eigenvalue weighted by atomic mass is 10.2. The zero-order valence-corrected chi connectivity index (χ0v) is 9.79. The van der Waals surface area contributed by atoms with E-state index in [9.17, 15) is 0 Å². The maximum absolute atomic E-state index is 3.50. The molecule has 0 bridgehead atoms. The van der Waals surface area contributed by atoms with Crippen molar-refractivity contribution in [3.05, 3.63) is 0 Å². The van der Waals surface area contributed by atoms with Crippen LogP contribution in [-0.2, 0) is 0 Å². The van der Waals surface area contributed by atoms with Crippen molar-refractivity contribution < 1.29 is 0 Å². The molecule has 76 valence electrons. The van der Waals surface area contributed by atoms with Gasteiger partial charge in [-0.1, -0.05) is 0 Å². The average molecular weight is 218 g/mol. The summed E-state index contributed by atoms with van der Waals surface area (Å²) < 4.78 is 0. The highest BCUT2D eigenvalue weighted by Crippen LogP contribution is 2.22. The monoisotopic (exact) mass is 218 g/mol. The number of thioether (sulfide) groups is 2. The van der Waals surface area contributed by atoms with E-state index < -0.39 is 0 Å². The van der Waals surface area contributed by atoms with Gasteiger partial charge >= 0.3 is 0 Å². The molecule has 0 aliphatic carbocycles. The first-order valence-electron chi connectivity index (χ1n) is 4.97. The molecule has 0 aromatic carbocycles. The molecule has 2 aliphatic rings. The lowest BCUT2D eigenvalue weighted by Crippen LogP contribution is -2.46. The minimum atomic E-state index is 0.802. The molecule has 2 atom stereocenters. The second-order valence-corrected chi connectivity index (χ2v) is 5.95. The van der Waals surface area contributed by atoms with Crippen molar-refractivity contribution in [2.45, 2.75) is 11.3 Å². The fourth-order valence-corrected chi connectivity index (χ4v) is 3.95. The largest absolute Gasteiger partial charge is 0.314 e. The second kappa shape index (κ2) is 4.91. The van der Waals surface area contributed by atoms with Crippen LogP contribution in [0.1, 0.15) is 0 Å². The van der Waals surface area contributed by atoms with Crippen LogP contribution in [-0.4, -0.2) is 60.1 Å². The third kappa shape index (κ3) is 2.35. The molecule has 2 saturated heterocycles. The number of rotatable bonds is 2. The Morgan fingerprint density at radius 1 is 1.31 bits per heavy atom. The van der Waals surface area contributed by atoms with Gasteiger partial charge in [0.05, 0.1) is 0 Å². The fourth-order valence-electron chi connectivity index (χ4n) is 2.15. The maximum Gasteiger partial charge on any atom is 0.0352 e. The fraction of sp³-hybridized carbons (Fsp3) is 1.00. The Hall–Kier alpha value is 0.620. The number of nitrogens with one attached hydrogen (secondary N) is 1. The van der Waals surface area contributed by atoms with Crippen molar-refractivity contribution in [1.29, 1.82) is 0 Å². The van der Waals surface area contributed by atoms with Crippen LogP contribution >= 0.6 is 23.5 Å². The van der Waals surface area contributed by atoms with E-state index in [2.05, 4.69) is 28.2 Å². The highest BCUT2D eigenvalue weighted by Gasteiger charge is 2.31. The minimum Gasteiger partial charge on any atom is -0.314 e. The van der Waals surface area contributed by atoms with Crippen LogP contribution in [0.4, 0.5) is 0 Å². The summed E-state index contributed by atoms with van der Waals surface area (Å²) in [6.45, 7) is 5.01. The quantitative estimate of drug-likeness (QED) is 0.735. The maximum atomic E-state index is 3.50. The molecule has 2 nitrogen and oxygen atoms in total. The van der Waals surface area contributed by atoms with Gasteiger partial charge in [0.2, 0.25) is 0 Å². The van der Waals surface area contributed by atoms with Gasteiger partial charge in [-0.05, 0) is 6.26 Å². The van der Waals surface area contributed by atoms with Crippen LogP contribution in [0.25, 0.3) is 0 Å². The lowest BCUT2D eigenvalue weighted by Gasteiger charge is -2.34. The van der Waals surface area contributed by atoms with Gasteiger partial charge in [0.15, 0.2) is 0 Å². The summed E-state index contributed by atoms with van der Waals surface area (Å²) in [6.07, 6.45) is 2.24. The number of hydrogen-bond acceptors (Lipinski definition) is 4. The molecular weight excluding hydrogens is 200 g/mol. The van der Waals surface area contributed by atoms with Gasteiger partial charge in [-0.25, -0.2) is 0 Å². The normalized spacial score (nSPS) is 36.7. The summed E-state index contributed by atoms with van der Waals surface area (Å²) in [5, 5.41) is 4.32. The Kier molecular flexibility index (Phi) is 3.84. The molecule has 4 heteroatoms. The summed E-state index contributed by atoms with van der Waals surface area (Å²) in [5.74, 6) is 2.66. The summed E-state index contributed by atoms with van der Waals surface area (Å²) in [4.78, 5) is 2.68. The van der Waals surface area contributed by atoms with Gasteiger partial charge in [0, 0.05) is 49.0 Å². The van der Waals surface area contributed by atoms with Crippen molar-refractivity contribution in [1.82, 2.24) is 10.2 Å². The minimum absolute atomic E-state index is 0.802. The predicted octanol–water partition coefficient (Wildman–Crippen LogP) is 0.739. The molecule has 1 N–H and O–H groups in total. The Morgan fingerprint density at radius 2 is 2.08 bits per heavy atom. The molecule has 0 amide bonds. The third-order valence-electron chi connectivity index (χ3n) is 2.95. The molecule has 0 aromatic rings. The predicted molar refractivity (Wildman–Crippen MR) is 62.9 cm³/mol. The average Bonchev–Trinajstić information content (AvgIpc) is 2.67. The molecule has 2 heterocycles. The van der Waals surface area contributed by atoms with Gasteiger partial charge < -0.3 is 5.32 Å². The Morgan fingerprint density at radius 3 is 2.77 bits per heavy atom. The molecule has 0 saturated carbocycles. The van der Waals surface area contributed by atoms with E-state index >= 15 is 0 Å². The van der Waals surface area contributed by atoms with E-state index in [4.69, 9.17) is 0 Å². The highest BCUT2D eigenvalue weighted by atomic mass is 32.2. The van der Waals surface area contributed by atoms with Crippen LogP contribution in [0.2, 0.25) is 0 Å². The van der Waals surface area contributed by atoms with Gasteiger partial charge in [0.1, 0.15) is 0 Å². The Bertz CT molecular complexity index is 160. The van der Waals surface area contributed by atoms with Gasteiger partial charge in [-0.15, -0.1) is 0 Å². The van der Waals surface area contributed by atoms with Crippen molar-refractivity contribution in [3.8, 4) is 0 Å². The van der Waals surface area contributed by atoms with Gasteiger partial charge in [0.25, 0.3) is 0 Å². The topological polar surface area (TPSA) is 15.3 Å². The zero-order valence-electron chi connectivity index (χ0n) is 8.16. The van der Waals surface area contributed by atoms with Crippen molar-refractivity contribution in [2.24, 2.45) is 0 Å². The van der Waals surface area contributed by atoms with Crippen molar-refractivity contribution in [2.75, 3.05) is 43.9 Å². The molecule has 0 aromatic heterocycles. The van der Waals surface area contributed by atoms with Crippen molar-refractivity contribution in [3.63, 3.8) is 0 Å². The van der Waals surface area contributed by atoms with E-state index in [1.165, 1.54) is 37.7 Å². The summed E-state index contributed by atoms with van der Waals surface area (Å²) in [6, 6.07) is 0.802. The number of hydrogen-bond donors (Lipinski definition) is 1. The Labute approximate surface area is 89.2 Å². The molecular formula is C9H18N2S2. The van der Waals surface area contributed by atoms with Crippen LogP contribution in [0.15, 0.2) is 0 Å². The number of nitrogens with zero attached hydrogens (tertiary/aromatic N) is 1. The molecule has 0 radical (unpaired) electrons. The summed E-state index contributed by atoms with van der Waals surface area (Å²) >= 11 is 4.12. The summed E-state index contributed by atoms with van der Waals surface area (Å²) in [5.41, 5.74) is 0. The second-order valence-electron chi connectivity index (χ2n) is 3.65. The molecule has 2 aliphatic heterocycles. The Balaban J connectivity index is 1.90. The standard InChI is InChI=1S/C9H18N2S2/c1-12-9-7-10-6-8(9)11-2-4-13-5-3-11/h8-10H,2-7H2,1H3. The van der Waals surface area contributed by atoms with Crippen LogP contribution in [0, 0.1) is 0 Å². The summed E-state index contributed by atoms with van der Waals surface area (Å²) in [7, 11) is 0. The first-order valence-corrected chi connectivity index (χ1v) is 7.41. The van der Waals surface area contributed by atoms with Crippen LogP contribution < -0.4 is 5.32 Å². The molecule has 13 heavy (non-hydrogen) atoms. The SMILES string of the molecule is CSC1CNCC1N1CCSCC1. The first kappa shape index (κ1) is 10.1.